The van der Waals surface area contributed by atoms with Gasteiger partial charge in [0.15, 0.2) is 0 Å². The lowest BCUT2D eigenvalue weighted by atomic mass is 10.0. The van der Waals surface area contributed by atoms with Crippen molar-refractivity contribution in [3.8, 4) is 11.1 Å². The summed E-state index contributed by atoms with van der Waals surface area (Å²) >= 11 is 0. The van der Waals surface area contributed by atoms with Gasteiger partial charge in [-0.1, -0.05) is 24.3 Å². The Kier molecular flexibility index (Phi) is 6.11. The van der Waals surface area contributed by atoms with E-state index in [4.69, 9.17) is 5.73 Å². The molecule has 0 saturated carbocycles. The smallest absolute Gasteiger partial charge is 0.0568 e. The van der Waals surface area contributed by atoms with Crippen molar-refractivity contribution in [1.82, 2.24) is 9.78 Å². The van der Waals surface area contributed by atoms with Crippen LogP contribution in [0.25, 0.3) is 11.1 Å². The van der Waals surface area contributed by atoms with Crippen molar-refractivity contribution in [2.75, 3.05) is 0 Å². The number of rotatable bonds is 2. The van der Waals surface area contributed by atoms with Crippen LogP contribution in [-0.2, 0) is 13.6 Å². The van der Waals surface area contributed by atoms with Gasteiger partial charge in [-0.2, -0.15) is 5.10 Å². The molecule has 0 radical (unpaired) electrons. The summed E-state index contributed by atoms with van der Waals surface area (Å²) < 4.78 is 1.79. The van der Waals surface area contributed by atoms with Crippen molar-refractivity contribution in [2.24, 2.45) is 12.8 Å². The third kappa shape index (κ3) is 2.98. The molecule has 2 N–H and O–H groups in total. The number of benzene rings is 1. The van der Waals surface area contributed by atoms with E-state index in [9.17, 15) is 0 Å². The predicted octanol–water partition coefficient (Wildman–Crippen LogP) is 2.39. The number of nitrogens with zero attached hydrogens (tertiary/aromatic N) is 2. The normalized spacial score (nSPS) is 9.12. The summed E-state index contributed by atoms with van der Waals surface area (Å²) in [6.45, 7) is 0.561. The van der Waals surface area contributed by atoms with Crippen molar-refractivity contribution in [3.63, 3.8) is 0 Å². The Labute approximate surface area is 107 Å². The van der Waals surface area contributed by atoms with E-state index in [1.165, 1.54) is 5.56 Å². The molecule has 0 unspecified atom stereocenters. The predicted molar refractivity (Wildman–Crippen MR) is 71.0 cm³/mol. The van der Waals surface area contributed by atoms with Gasteiger partial charge in [0.05, 0.1) is 6.20 Å². The van der Waals surface area contributed by atoms with Gasteiger partial charge in [0.2, 0.25) is 0 Å². The summed E-state index contributed by atoms with van der Waals surface area (Å²) in [7, 11) is 1.91. The summed E-state index contributed by atoms with van der Waals surface area (Å²) in [5.74, 6) is 0. The summed E-state index contributed by atoms with van der Waals surface area (Å²) in [5.41, 5.74) is 9.11. The zero-order valence-corrected chi connectivity index (χ0v) is 10.6. The molecule has 2 rings (SSSR count). The minimum atomic E-state index is 0. The maximum absolute atomic E-state index is 5.67. The summed E-state index contributed by atoms with van der Waals surface area (Å²) in [4.78, 5) is 0. The Morgan fingerprint density at radius 3 is 2.50 bits per heavy atom. The van der Waals surface area contributed by atoms with E-state index in [0.29, 0.717) is 6.54 Å². The van der Waals surface area contributed by atoms with E-state index in [1.807, 2.05) is 37.6 Å². The lowest BCUT2D eigenvalue weighted by molar-refractivity contribution is 0.768. The number of aryl methyl sites for hydroxylation is 1. The fourth-order valence-electron chi connectivity index (χ4n) is 1.54. The molecule has 0 atom stereocenters. The third-order valence-corrected chi connectivity index (χ3v) is 2.25. The van der Waals surface area contributed by atoms with E-state index in [2.05, 4.69) is 11.2 Å². The van der Waals surface area contributed by atoms with Crippen LogP contribution in [0.2, 0.25) is 0 Å². The Hall–Kier alpha value is -1.03. The Balaban J connectivity index is 0.00000112. The summed E-state index contributed by atoms with van der Waals surface area (Å²) in [6.07, 6.45) is 3.85. The third-order valence-electron chi connectivity index (χ3n) is 2.25. The van der Waals surface area contributed by atoms with Crippen LogP contribution in [0.4, 0.5) is 0 Å². The highest BCUT2D eigenvalue weighted by Gasteiger charge is 2.03. The fraction of sp³-hybridized carbons (Fsp3) is 0.182. The van der Waals surface area contributed by atoms with E-state index in [-0.39, 0.29) is 24.8 Å². The van der Waals surface area contributed by atoms with Crippen LogP contribution in [0.5, 0.6) is 0 Å². The zero-order chi connectivity index (χ0) is 9.97. The van der Waals surface area contributed by atoms with Crippen LogP contribution >= 0.6 is 24.8 Å². The molecule has 0 fully saturated rings. The molecule has 88 valence electrons. The second-order valence-corrected chi connectivity index (χ2v) is 3.26. The first-order valence-electron chi connectivity index (χ1n) is 4.58. The van der Waals surface area contributed by atoms with Crippen LogP contribution < -0.4 is 5.73 Å². The van der Waals surface area contributed by atoms with Crippen molar-refractivity contribution in [2.45, 2.75) is 6.54 Å². The minimum Gasteiger partial charge on any atom is -0.326 e. The Bertz CT molecular complexity index is 440. The van der Waals surface area contributed by atoms with Crippen molar-refractivity contribution in [1.29, 1.82) is 0 Å². The molecule has 2 aromatic rings. The number of nitrogens with two attached hydrogens (primary N) is 1. The molecule has 0 saturated heterocycles. The largest absolute Gasteiger partial charge is 0.326 e. The highest BCUT2D eigenvalue weighted by molar-refractivity contribution is 5.85. The van der Waals surface area contributed by atoms with Gasteiger partial charge in [-0.3, -0.25) is 4.68 Å². The molecule has 0 aliphatic carbocycles. The van der Waals surface area contributed by atoms with Crippen LogP contribution in [-0.4, -0.2) is 9.78 Å². The molecule has 0 aliphatic rings. The molecule has 0 amide bonds. The maximum atomic E-state index is 5.67. The van der Waals surface area contributed by atoms with Gasteiger partial charge in [-0.05, 0) is 11.1 Å². The number of hydrogen-bond donors (Lipinski definition) is 1. The van der Waals surface area contributed by atoms with Gasteiger partial charge in [0.25, 0.3) is 0 Å². The highest BCUT2D eigenvalue weighted by atomic mass is 35.5. The number of hydrogen-bond acceptors (Lipinski definition) is 2. The van der Waals surface area contributed by atoms with Crippen LogP contribution in [0.15, 0.2) is 36.7 Å². The molecule has 0 bridgehead atoms. The van der Waals surface area contributed by atoms with Crippen LogP contribution in [0, 0.1) is 0 Å². The molecule has 3 nitrogen and oxygen atoms in total. The van der Waals surface area contributed by atoms with E-state index >= 15 is 0 Å². The maximum Gasteiger partial charge on any atom is 0.0568 e. The molecular weight excluding hydrogens is 245 g/mol. The van der Waals surface area contributed by atoms with Crippen molar-refractivity contribution >= 4 is 24.8 Å². The van der Waals surface area contributed by atoms with Crippen molar-refractivity contribution < 1.29 is 0 Å². The first-order valence-corrected chi connectivity index (χ1v) is 4.58. The summed E-state index contributed by atoms with van der Waals surface area (Å²) in [6, 6.07) is 8.13. The Morgan fingerprint density at radius 2 is 1.94 bits per heavy atom. The topological polar surface area (TPSA) is 43.8 Å². The molecule has 5 heteroatoms. The molecule has 0 spiro atoms. The highest BCUT2D eigenvalue weighted by Crippen LogP contribution is 2.22. The lowest BCUT2D eigenvalue weighted by Crippen LogP contribution is -1.98. The van der Waals surface area contributed by atoms with Gasteiger partial charge in [-0.25, -0.2) is 0 Å². The average Bonchev–Trinajstić information content (AvgIpc) is 2.65. The van der Waals surface area contributed by atoms with E-state index in [0.717, 1.165) is 11.1 Å². The molecule has 1 heterocycles. The molecule has 1 aromatic carbocycles. The second-order valence-electron chi connectivity index (χ2n) is 3.26. The van der Waals surface area contributed by atoms with Gasteiger partial charge >= 0.3 is 0 Å². The first-order chi connectivity index (χ1) is 6.81. The second kappa shape index (κ2) is 6.53. The standard InChI is InChI=1S/C11H13N3.2ClH/c1-14-8-10(7-13-14)11-5-3-2-4-9(11)6-12;;/h2-5,7-8H,6,12H2,1H3;2*1H. The number of halogens is 2. The fourth-order valence-corrected chi connectivity index (χ4v) is 1.54. The lowest BCUT2D eigenvalue weighted by Gasteiger charge is -2.03. The zero-order valence-electron chi connectivity index (χ0n) is 8.96. The van der Waals surface area contributed by atoms with E-state index < -0.39 is 0 Å². The summed E-state index contributed by atoms with van der Waals surface area (Å²) in [5, 5.41) is 4.14. The Morgan fingerprint density at radius 1 is 1.25 bits per heavy atom. The molecular formula is C11H15Cl2N3. The van der Waals surface area contributed by atoms with E-state index in [1.54, 1.807) is 4.68 Å². The molecule has 1 aromatic heterocycles. The van der Waals surface area contributed by atoms with Crippen LogP contribution in [0.3, 0.4) is 0 Å². The van der Waals surface area contributed by atoms with Gasteiger partial charge in [0.1, 0.15) is 0 Å². The average molecular weight is 260 g/mol. The number of aromatic nitrogens is 2. The quantitative estimate of drug-likeness (QED) is 0.901. The molecule has 16 heavy (non-hydrogen) atoms. The van der Waals surface area contributed by atoms with Crippen LogP contribution in [0.1, 0.15) is 5.56 Å². The minimum absolute atomic E-state index is 0. The monoisotopic (exact) mass is 259 g/mol. The van der Waals surface area contributed by atoms with Gasteiger partial charge in [0, 0.05) is 25.4 Å². The van der Waals surface area contributed by atoms with Crippen molar-refractivity contribution in [3.05, 3.63) is 42.2 Å². The molecule has 0 aliphatic heterocycles. The first kappa shape index (κ1) is 15.0. The van der Waals surface area contributed by atoms with Gasteiger partial charge < -0.3 is 5.73 Å². The SMILES string of the molecule is Cl.Cl.Cn1cc(-c2ccccc2CN)cn1. The van der Waals surface area contributed by atoms with Gasteiger partial charge in [-0.15, -0.1) is 24.8 Å².